The number of halogens is 3. The number of fused-ring (bicyclic) bond motifs is 1. The Labute approximate surface area is 160 Å². The zero-order chi connectivity index (χ0) is 19.9. The fourth-order valence-electron chi connectivity index (χ4n) is 3.56. The number of rotatable bonds is 4. The number of amides is 1. The van der Waals surface area contributed by atoms with Crippen LogP contribution in [0.15, 0.2) is 60.8 Å². The van der Waals surface area contributed by atoms with Gasteiger partial charge in [0.25, 0.3) is 5.91 Å². The average molecular weight is 384 g/mol. The van der Waals surface area contributed by atoms with Crippen molar-refractivity contribution in [3.05, 3.63) is 77.6 Å². The molecule has 1 atom stereocenters. The molecule has 1 fully saturated rings. The first-order valence-electron chi connectivity index (χ1n) is 9.20. The van der Waals surface area contributed by atoms with Gasteiger partial charge in [0.2, 0.25) is 0 Å². The zero-order valence-corrected chi connectivity index (χ0v) is 15.3. The van der Waals surface area contributed by atoms with Gasteiger partial charge >= 0.3 is 6.18 Å². The second-order valence-electron chi connectivity index (χ2n) is 7.12. The molecule has 2 aromatic carbocycles. The lowest BCUT2D eigenvalue weighted by Crippen LogP contribution is -2.36. The third kappa shape index (κ3) is 3.46. The molecule has 0 unspecified atom stereocenters. The topological polar surface area (TPSA) is 33.2 Å². The summed E-state index contributed by atoms with van der Waals surface area (Å²) in [7, 11) is 0. The van der Waals surface area contributed by atoms with E-state index in [2.05, 4.69) is 4.98 Å². The number of alkyl halides is 3. The van der Waals surface area contributed by atoms with Gasteiger partial charge in [-0.2, -0.15) is 13.2 Å². The molecule has 6 heteroatoms. The lowest BCUT2D eigenvalue weighted by atomic mass is 10.0. The summed E-state index contributed by atoms with van der Waals surface area (Å²) in [5.74, 6) is -0.246. The predicted molar refractivity (Wildman–Crippen MR) is 101 cm³/mol. The Morgan fingerprint density at radius 3 is 2.57 bits per heavy atom. The standard InChI is InChI=1S/C22H19F3N2O/c1-14(16-6-4-7-17(13-16)22(23,24)25)27(18-9-10-18)21(28)20-19-8-3-2-5-15(19)11-12-26-20/h2-8,11-14,18H,9-10H2,1H3/t14-/m1/s1. The van der Waals surface area contributed by atoms with Crippen LogP contribution in [0.2, 0.25) is 0 Å². The Hall–Kier alpha value is -2.89. The number of carbonyl (C=O) groups is 1. The highest BCUT2D eigenvalue weighted by atomic mass is 19.4. The van der Waals surface area contributed by atoms with E-state index >= 15 is 0 Å². The molecular formula is C22H19F3N2O. The number of hydrogen-bond acceptors (Lipinski definition) is 2. The first-order chi connectivity index (χ1) is 13.4. The van der Waals surface area contributed by atoms with Crippen LogP contribution in [-0.4, -0.2) is 21.8 Å². The van der Waals surface area contributed by atoms with Gasteiger partial charge in [-0.15, -0.1) is 0 Å². The molecule has 1 aliphatic rings. The van der Waals surface area contributed by atoms with Gasteiger partial charge in [-0.25, -0.2) is 0 Å². The van der Waals surface area contributed by atoms with Gasteiger partial charge in [0.05, 0.1) is 11.6 Å². The maximum Gasteiger partial charge on any atom is 0.416 e. The van der Waals surface area contributed by atoms with Crippen LogP contribution in [0.5, 0.6) is 0 Å². The maximum absolute atomic E-state index is 13.4. The molecular weight excluding hydrogens is 365 g/mol. The van der Waals surface area contributed by atoms with Gasteiger partial charge in [-0.1, -0.05) is 36.4 Å². The Kier molecular flexibility index (Phi) is 4.57. The van der Waals surface area contributed by atoms with Crippen molar-refractivity contribution in [2.75, 3.05) is 0 Å². The van der Waals surface area contributed by atoms with Crippen molar-refractivity contribution in [1.82, 2.24) is 9.88 Å². The number of aromatic nitrogens is 1. The van der Waals surface area contributed by atoms with Crippen molar-refractivity contribution in [3.63, 3.8) is 0 Å². The number of nitrogens with zero attached hydrogens (tertiary/aromatic N) is 2. The van der Waals surface area contributed by atoms with E-state index in [1.54, 1.807) is 24.1 Å². The molecule has 1 amide bonds. The fraction of sp³-hybridized carbons (Fsp3) is 0.273. The summed E-state index contributed by atoms with van der Waals surface area (Å²) in [5, 5.41) is 1.65. The van der Waals surface area contributed by atoms with E-state index in [1.165, 1.54) is 6.07 Å². The largest absolute Gasteiger partial charge is 0.416 e. The summed E-state index contributed by atoms with van der Waals surface area (Å²) in [4.78, 5) is 19.4. The van der Waals surface area contributed by atoms with E-state index in [9.17, 15) is 18.0 Å². The van der Waals surface area contributed by atoms with Crippen LogP contribution in [-0.2, 0) is 6.18 Å². The number of carbonyl (C=O) groups excluding carboxylic acids is 1. The smallest absolute Gasteiger partial charge is 0.328 e. The SMILES string of the molecule is C[C@H](c1cccc(C(F)(F)F)c1)N(C(=O)c1nccc2ccccc12)C1CC1. The average Bonchev–Trinajstić information content (AvgIpc) is 3.52. The molecule has 3 nitrogen and oxygen atoms in total. The Morgan fingerprint density at radius 1 is 1.11 bits per heavy atom. The van der Waals surface area contributed by atoms with Gasteiger partial charge in [0.15, 0.2) is 0 Å². The molecule has 0 saturated heterocycles. The molecule has 0 spiro atoms. The highest BCUT2D eigenvalue weighted by Gasteiger charge is 2.38. The minimum atomic E-state index is -4.42. The highest BCUT2D eigenvalue weighted by molar-refractivity contribution is 6.05. The molecule has 3 aromatic rings. The first kappa shape index (κ1) is 18.5. The van der Waals surface area contributed by atoms with E-state index in [1.807, 2.05) is 30.3 Å². The van der Waals surface area contributed by atoms with Gasteiger partial charge in [0, 0.05) is 17.6 Å². The molecule has 0 bridgehead atoms. The van der Waals surface area contributed by atoms with Crippen LogP contribution in [0.25, 0.3) is 10.8 Å². The van der Waals surface area contributed by atoms with Crippen LogP contribution in [0.3, 0.4) is 0 Å². The molecule has 144 valence electrons. The maximum atomic E-state index is 13.4. The van der Waals surface area contributed by atoms with Crippen molar-refractivity contribution >= 4 is 16.7 Å². The van der Waals surface area contributed by atoms with E-state index < -0.39 is 17.8 Å². The van der Waals surface area contributed by atoms with Crippen LogP contribution < -0.4 is 0 Å². The second kappa shape index (κ2) is 6.93. The van der Waals surface area contributed by atoms with E-state index in [0.717, 1.165) is 35.7 Å². The number of pyridine rings is 1. The molecule has 1 aromatic heterocycles. The summed E-state index contributed by atoms with van der Waals surface area (Å²) in [5.41, 5.74) is 0.0995. The van der Waals surface area contributed by atoms with E-state index in [0.29, 0.717) is 11.3 Å². The lowest BCUT2D eigenvalue weighted by molar-refractivity contribution is -0.137. The number of benzene rings is 2. The van der Waals surface area contributed by atoms with E-state index in [-0.39, 0.29) is 11.9 Å². The number of hydrogen-bond donors (Lipinski definition) is 0. The van der Waals surface area contributed by atoms with Crippen LogP contribution >= 0.6 is 0 Å². The molecule has 0 aliphatic heterocycles. The summed E-state index contributed by atoms with van der Waals surface area (Å²) in [6.45, 7) is 1.77. The Bertz CT molecular complexity index is 1020. The molecule has 1 aliphatic carbocycles. The first-order valence-corrected chi connectivity index (χ1v) is 9.20. The summed E-state index contributed by atoms with van der Waals surface area (Å²) < 4.78 is 39.3. The van der Waals surface area contributed by atoms with Crippen molar-refractivity contribution in [1.29, 1.82) is 0 Å². The fourth-order valence-corrected chi connectivity index (χ4v) is 3.56. The minimum Gasteiger partial charge on any atom is -0.328 e. The molecule has 28 heavy (non-hydrogen) atoms. The van der Waals surface area contributed by atoms with E-state index in [4.69, 9.17) is 0 Å². The second-order valence-corrected chi connectivity index (χ2v) is 7.12. The third-order valence-electron chi connectivity index (χ3n) is 5.16. The van der Waals surface area contributed by atoms with Crippen molar-refractivity contribution in [3.8, 4) is 0 Å². The zero-order valence-electron chi connectivity index (χ0n) is 15.3. The molecule has 0 N–H and O–H groups in total. The van der Waals surface area contributed by atoms with Gasteiger partial charge < -0.3 is 4.90 Å². The minimum absolute atomic E-state index is 0.0258. The molecule has 1 saturated carbocycles. The van der Waals surface area contributed by atoms with Crippen molar-refractivity contribution < 1.29 is 18.0 Å². The molecule has 0 radical (unpaired) electrons. The quantitative estimate of drug-likeness (QED) is 0.585. The highest BCUT2D eigenvalue weighted by Crippen LogP contribution is 2.38. The molecule has 1 heterocycles. The van der Waals surface area contributed by atoms with Crippen molar-refractivity contribution in [2.24, 2.45) is 0 Å². The predicted octanol–water partition coefficient (Wildman–Crippen LogP) is 5.62. The molecule has 4 rings (SSSR count). The summed E-state index contributed by atoms with van der Waals surface area (Å²) in [6, 6.07) is 14.1. The normalized spacial score (nSPS) is 15.4. The van der Waals surface area contributed by atoms with Crippen LogP contribution in [0.4, 0.5) is 13.2 Å². The van der Waals surface area contributed by atoms with Crippen LogP contribution in [0, 0.1) is 0 Å². The van der Waals surface area contributed by atoms with Crippen molar-refractivity contribution in [2.45, 2.75) is 38.0 Å². The summed E-state index contributed by atoms with van der Waals surface area (Å²) >= 11 is 0. The monoisotopic (exact) mass is 384 g/mol. The van der Waals surface area contributed by atoms with Gasteiger partial charge in [0.1, 0.15) is 5.69 Å². The lowest BCUT2D eigenvalue weighted by Gasteiger charge is -2.30. The van der Waals surface area contributed by atoms with Gasteiger partial charge in [-0.05, 0) is 48.9 Å². The third-order valence-corrected chi connectivity index (χ3v) is 5.16. The van der Waals surface area contributed by atoms with Crippen LogP contribution in [0.1, 0.15) is 47.4 Å². The van der Waals surface area contributed by atoms with Gasteiger partial charge in [-0.3, -0.25) is 9.78 Å². The Balaban J connectivity index is 1.72. The Morgan fingerprint density at radius 2 is 1.86 bits per heavy atom. The summed E-state index contributed by atoms with van der Waals surface area (Å²) in [6.07, 6.45) is -1.13.